The molecule has 0 aliphatic carbocycles. The Labute approximate surface area is 299 Å². The summed E-state index contributed by atoms with van der Waals surface area (Å²) in [7, 11) is 0. The Morgan fingerprint density at radius 3 is 1.73 bits per heavy atom. The molecule has 0 atom stereocenters. The van der Waals surface area contributed by atoms with Crippen LogP contribution < -0.4 is 4.90 Å². The van der Waals surface area contributed by atoms with Crippen molar-refractivity contribution in [2.75, 3.05) is 4.90 Å². The Hall–Kier alpha value is -6.49. The van der Waals surface area contributed by atoms with E-state index in [2.05, 4.69) is 150 Å². The monoisotopic (exact) mass is 670 g/mol. The zero-order valence-corrected chi connectivity index (χ0v) is 28.3. The molecule has 10 aromatic rings. The molecule has 8 aromatic carbocycles. The molecular formula is C47H30N2OS. The third-order valence-corrected chi connectivity index (χ3v) is 10.8. The standard InChI is InChI=1S/C47H30N2OS/c1-3-9-31(10-4-1)32-17-22-37(23-18-32)49(39-26-27-41-40-13-7-8-14-44(40)51-45(41)30-39)38-24-19-33(20-25-38)36-16-15-34-21-28-43-46(42(34)29-36)48-47(50-43)35-11-5-2-6-12-35/h1-30H. The molecule has 240 valence electrons. The first-order valence-electron chi connectivity index (χ1n) is 17.1. The average molecular weight is 671 g/mol. The predicted octanol–water partition coefficient (Wildman–Crippen LogP) is 13.8. The number of rotatable bonds is 6. The van der Waals surface area contributed by atoms with E-state index in [1.165, 1.54) is 31.3 Å². The van der Waals surface area contributed by atoms with Crippen LogP contribution in [0.15, 0.2) is 186 Å². The maximum absolute atomic E-state index is 6.19. The van der Waals surface area contributed by atoms with Gasteiger partial charge in [-0.2, -0.15) is 0 Å². The van der Waals surface area contributed by atoms with Crippen molar-refractivity contribution in [2.24, 2.45) is 0 Å². The minimum Gasteiger partial charge on any atom is -0.436 e. The van der Waals surface area contributed by atoms with Crippen LogP contribution >= 0.6 is 11.3 Å². The van der Waals surface area contributed by atoms with Gasteiger partial charge in [0, 0.05) is 48.2 Å². The van der Waals surface area contributed by atoms with Gasteiger partial charge in [0.05, 0.1) is 0 Å². The Kier molecular flexibility index (Phi) is 7.00. The first kappa shape index (κ1) is 29.4. The molecule has 0 unspecified atom stereocenters. The highest BCUT2D eigenvalue weighted by Crippen LogP contribution is 2.42. The summed E-state index contributed by atoms with van der Waals surface area (Å²) in [5, 5.41) is 4.82. The highest BCUT2D eigenvalue weighted by Gasteiger charge is 2.16. The van der Waals surface area contributed by atoms with Crippen molar-refractivity contribution in [1.82, 2.24) is 4.98 Å². The smallest absolute Gasteiger partial charge is 0.227 e. The van der Waals surface area contributed by atoms with E-state index in [0.717, 1.165) is 55.6 Å². The first-order valence-corrected chi connectivity index (χ1v) is 17.9. The van der Waals surface area contributed by atoms with E-state index in [1.807, 2.05) is 47.7 Å². The lowest BCUT2D eigenvalue weighted by molar-refractivity contribution is 0.620. The Morgan fingerprint density at radius 2 is 0.980 bits per heavy atom. The quantitative estimate of drug-likeness (QED) is 0.176. The molecule has 2 heterocycles. The van der Waals surface area contributed by atoms with Crippen molar-refractivity contribution in [3.63, 3.8) is 0 Å². The molecule has 0 saturated carbocycles. The number of fused-ring (bicyclic) bond motifs is 6. The van der Waals surface area contributed by atoms with Gasteiger partial charge in [-0.25, -0.2) is 4.98 Å². The van der Waals surface area contributed by atoms with Crippen LogP contribution in [-0.4, -0.2) is 4.98 Å². The predicted molar refractivity (Wildman–Crippen MR) is 215 cm³/mol. The Balaban J connectivity index is 1.05. The number of aromatic nitrogens is 1. The third-order valence-electron chi connectivity index (χ3n) is 9.71. The van der Waals surface area contributed by atoms with Crippen LogP contribution in [0.5, 0.6) is 0 Å². The number of thiophene rings is 1. The van der Waals surface area contributed by atoms with E-state index in [1.54, 1.807) is 0 Å². The summed E-state index contributed by atoms with van der Waals surface area (Å²) < 4.78 is 8.78. The maximum atomic E-state index is 6.19. The van der Waals surface area contributed by atoms with Crippen molar-refractivity contribution < 1.29 is 4.42 Å². The molecule has 51 heavy (non-hydrogen) atoms. The molecule has 0 N–H and O–H groups in total. The van der Waals surface area contributed by atoms with Crippen molar-refractivity contribution in [1.29, 1.82) is 0 Å². The van der Waals surface area contributed by atoms with Crippen molar-refractivity contribution in [3.05, 3.63) is 182 Å². The molecule has 4 heteroatoms. The fourth-order valence-corrected chi connectivity index (χ4v) is 8.27. The molecule has 0 fully saturated rings. The molecule has 0 radical (unpaired) electrons. The molecule has 0 saturated heterocycles. The molecule has 0 bridgehead atoms. The lowest BCUT2D eigenvalue weighted by Gasteiger charge is -2.26. The van der Waals surface area contributed by atoms with Crippen LogP contribution in [0.25, 0.3) is 75.8 Å². The van der Waals surface area contributed by atoms with Crippen molar-refractivity contribution in [3.8, 4) is 33.7 Å². The number of hydrogen-bond acceptors (Lipinski definition) is 4. The summed E-state index contributed by atoms with van der Waals surface area (Å²) in [5.74, 6) is 0.638. The van der Waals surface area contributed by atoms with Gasteiger partial charge in [-0.1, -0.05) is 115 Å². The lowest BCUT2D eigenvalue weighted by Crippen LogP contribution is -2.09. The van der Waals surface area contributed by atoms with Gasteiger partial charge in [0.2, 0.25) is 5.89 Å². The zero-order valence-electron chi connectivity index (χ0n) is 27.5. The van der Waals surface area contributed by atoms with Crippen LogP contribution in [0.4, 0.5) is 17.1 Å². The summed E-state index contributed by atoms with van der Waals surface area (Å²) in [6, 6.07) is 64.6. The Morgan fingerprint density at radius 1 is 0.412 bits per heavy atom. The molecule has 3 nitrogen and oxygen atoms in total. The molecule has 2 aromatic heterocycles. The fourth-order valence-electron chi connectivity index (χ4n) is 7.13. The van der Waals surface area contributed by atoms with E-state index in [0.29, 0.717) is 5.89 Å². The number of oxazole rings is 1. The van der Waals surface area contributed by atoms with Crippen molar-refractivity contribution >= 4 is 70.4 Å². The average Bonchev–Trinajstić information content (AvgIpc) is 3.81. The SMILES string of the molecule is c1ccc(-c2ccc(N(c3ccc(-c4ccc5ccc6oc(-c7ccccc7)nc6c5c4)cc3)c3ccc4c(c3)sc3ccccc34)cc2)cc1. The highest BCUT2D eigenvalue weighted by atomic mass is 32.1. The van der Waals surface area contributed by atoms with Gasteiger partial charge in [-0.15, -0.1) is 11.3 Å². The van der Waals surface area contributed by atoms with Crippen LogP contribution in [-0.2, 0) is 0 Å². The fraction of sp³-hybridized carbons (Fsp3) is 0. The van der Waals surface area contributed by atoms with Gasteiger partial charge < -0.3 is 9.32 Å². The normalized spacial score (nSPS) is 11.5. The van der Waals surface area contributed by atoms with Crippen LogP contribution in [0.1, 0.15) is 0 Å². The second-order valence-electron chi connectivity index (χ2n) is 12.8. The molecule has 0 spiro atoms. The van der Waals surface area contributed by atoms with Gasteiger partial charge >= 0.3 is 0 Å². The van der Waals surface area contributed by atoms with Crippen LogP contribution in [0, 0.1) is 0 Å². The van der Waals surface area contributed by atoms with Gasteiger partial charge in [0.1, 0.15) is 5.52 Å². The number of benzene rings is 8. The highest BCUT2D eigenvalue weighted by molar-refractivity contribution is 7.25. The van der Waals surface area contributed by atoms with Gasteiger partial charge in [0.25, 0.3) is 0 Å². The first-order chi connectivity index (χ1) is 25.2. The zero-order chi connectivity index (χ0) is 33.7. The summed E-state index contributed by atoms with van der Waals surface area (Å²) >= 11 is 1.85. The summed E-state index contributed by atoms with van der Waals surface area (Å²) in [6.45, 7) is 0. The van der Waals surface area contributed by atoms with E-state index < -0.39 is 0 Å². The summed E-state index contributed by atoms with van der Waals surface area (Å²) in [5.41, 5.74) is 10.7. The van der Waals surface area contributed by atoms with Gasteiger partial charge in [0.15, 0.2) is 5.58 Å². The van der Waals surface area contributed by atoms with Crippen molar-refractivity contribution in [2.45, 2.75) is 0 Å². The van der Waals surface area contributed by atoms with E-state index in [4.69, 9.17) is 9.40 Å². The largest absolute Gasteiger partial charge is 0.436 e. The molecular weight excluding hydrogens is 641 g/mol. The third kappa shape index (κ3) is 5.25. The topological polar surface area (TPSA) is 29.3 Å². The van der Waals surface area contributed by atoms with E-state index in [-0.39, 0.29) is 0 Å². The second kappa shape index (κ2) is 12.1. The second-order valence-corrected chi connectivity index (χ2v) is 13.9. The van der Waals surface area contributed by atoms with Crippen LogP contribution in [0.2, 0.25) is 0 Å². The number of nitrogens with zero attached hydrogens (tertiary/aromatic N) is 2. The number of anilines is 3. The molecule has 0 aliphatic rings. The Bertz CT molecular complexity index is 2840. The maximum Gasteiger partial charge on any atom is 0.227 e. The number of hydrogen-bond donors (Lipinski definition) is 0. The van der Waals surface area contributed by atoms with Gasteiger partial charge in [-0.3, -0.25) is 0 Å². The lowest BCUT2D eigenvalue weighted by atomic mass is 10.00. The molecule has 10 rings (SSSR count). The van der Waals surface area contributed by atoms with Gasteiger partial charge in [-0.05, 0) is 94.4 Å². The van der Waals surface area contributed by atoms with E-state index in [9.17, 15) is 0 Å². The summed E-state index contributed by atoms with van der Waals surface area (Å²) in [4.78, 5) is 7.29. The minimum absolute atomic E-state index is 0.638. The summed E-state index contributed by atoms with van der Waals surface area (Å²) in [6.07, 6.45) is 0. The molecule has 0 aliphatic heterocycles. The molecule has 0 amide bonds. The van der Waals surface area contributed by atoms with Crippen LogP contribution in [0.3, 0.4) is 0 Å². The van der Waals surface area contributed by atoms with E-state index >= 15 is 0 Å². The minimum atomic E-state index is 0.638.